The number of halogens is 1. The molecule has 1 aliphatic carbocycles. The predicted molar refractivity (Wildman–Crippen MR) is 60.0 cm³/mol. The molecule has 0 radical (unpaired) electrons. The van der Waals surface area contributed by atoms with Gasteiger partial charge in [0.05, 0.1) is 18.4 Å². The van der Waals surface area contributed by atoms with Crippen molar-refractivity contribution in [3.8, 4) is 0 Å². The summed E-state index contributed by atoms with van der Waals surface area (Å²) in [5.74, 6) is 0. The van der Waals surface area contributed by atoms with Crippen LogP contribution < -0.4 is 0 Å². The van der Waals surface area contributed by atoms with Crippen LogP contribution in [0.15, 0.2) is 0 Å². The Labute approximate surface area is 95.4 Å². The number of aromatic nitrogens is 2. The number of hydrogen-bond acceptors (Lipinski definition) is 2. The molecule has 4 heteroatoms. The fourth-order valence-electron chi connectivity index (χ4n) is 2.09. The van der Waals surface area contributed by atoms with Gasteiger partial charge in [0.2, 0.25) is 0 Å². The fraction of sp³-hybridized carbons (Fsp3) is 0.727. The maximum Gasteiger partial charge on any atom is 0.132 e. The standard InChI is InChI=1S/C11H17ClN2O/c1-8-10(11(12)14(2)13-8)7-15-9-5-3-4-6-9/h9H,3-7H2,1-2H3. The van der Waals surface area contributed by atoms with Gasteiger partial charge in [-0.25, -0.2) is 0 Å². The van der Waals surface area contributed by atoms with E-state index in [0.29, 0.717) is 17.9 Å². The van der Waals surface area contributed by atoms with Gasteiger partial charge in [-0.3, -0.25) is 4.68 Å². The van der Waals surface area contributed by atoms with E-state index in [-0.39, 0.29) is 0 Å². The summed E-state index contributed by atoms with van der Waals surface area (Å²) in [6, 6.07) is 0. The molecule has 1 aromatic heterocycles. The Kier molecular flexibility index (Phi) is 3.32. The first-order valence-corrected chi connectivity index (χ1v) is 5.86. The van der Waals surface area contributed by atoms with Gasteiger partial charge in [0.25, 0.3) is 0 Å². The van der Waals surface area contributed by atoms with E-state index in [0.717, 1.165) is 11.3 Å². The van der Waals surface area contributed by atoms with Gasteiger partial charge in [0.1, 0.15) is 5.15 Å². The molecule has 1 aliphatic rings. The second-order valence-corrected chi connectivity index (χ2v) is 4.55. The minimum absolute atomic E-state index is 0.431. The normalized spacial score (nSPS) is 17.5. The van der Waals surface area contributed by atoms with Crippen molar-refractivity contribution in [2.75, 3.05) is 0 Å². The third kappa shape index (κ3) is 2.34. The number of nitrogens with zero attached hydrogens (tertiary/aromatic N) is 2. The highest BCUT2D eigenvalue weighted by atomic mass is 35.5. The van der Waals surface area contributed by atoms with E-state index < -0.39 is 0 Å². The first-order chi connectivity index (χ1) is 7.18. The van der Waals surface area contributed by atoms with E-state index >= 15 is 0 Å². The van der Waals surface area contributed by atoms with Crippen LogP contribution in [0.4, 0.5) is 0 Å². The molecule has 0 saturated heterocycles. The summed E-state index contributed by atoms with van der Waals surface area (Å²) in [7, 11) is 1.86. The zero-order valence-electron chi connectivity index (χ0n) is 9.29. The van der Waals surface area contributed by atoms with Crippen LogP contribution in [0.25, 0.3) is 0 Å². The summed E-state index contributed by atoms with van der Waals surface area (Å²) in [6.45, 7) is 2.57. The molecule has 2 rings (SSSR count). The first kappa shape index (κ1) is 11.0. The van der Waals surface area contributed by atoms with E-state index in [1.54, 1.807) is 4.68 Å². The number of aryl methyl sites for hydroxylation is 2. The molecule has 0 spiro atoms. The molecule has 0 N–H and O–H groups in total. The molecule has 0 amide bonds. The van der Waals surface area contributed by atoms with Crippen molar-refractivity contribution in [2.45, 2.75) is 45.3 Å². The summed E-state index contributed by atoms with van der Waals surface area (Å²) in [6.07, 6.45) is 5.41. The first-order valence-electron chi connectivity index (χ1n) is 5.48. The predicted octanol–water partition coefficient (Wildman–Crippen LogP) is 2.84. The molecule has 1 heterocycles. The summed E-state index contributed by atoms with van der Waals surface area (Å²) in [4.78, 5) is 0. The third-order valence-electron chi connectivity index (χ3n) is 3.04. The van der Waals surface area contributed by atoms with Crippen molar-refractivity contribution in [1.29, 1.82) is 0 Å². The average Bonchev–Trinajstić information content (AvgIpc) is 2.76. The van der Waals surface area contributed by atoms with Crippen molar-refractivity contribution >= 4 is 11.6 Å². The van der Waals surface area contributed by atoms with Crippen molar-refractivity contribution < 1.29 is 4.74 Å². The Hall–Kier alpha value is -0.540. The molecule has 15 heavy (non-hydrogen) atoms. The van der Waals surface area contributed by atoms with Gasteiger partial charge in [-0.05, 0) is 19.8 Å². The highest BCUT2D eigenvalue weighted by Crippen LogP contribution is 2.25. The zero-order valence-corrected chi connectivity index (χ0v) is 10.0. The third-order valence-corrected chi connectivity index (χ3v) is 3.51. The Balaban J connectivity index is 1.97. The Morgan fingerprint density at radius 3 is 2.67 bits per heavy atom. The lowest BCUT2D eigenvalue weighted by Gasteiger charge is -2.10. The molecular formula is C11H17ClN2O. The molecular weight excluding hydrogens is 212 g/mol. The van der Waals surface area contributed by atoms with Crippen LogP contribution in [0, 0.1) is 6.92 Å². The Morgan fingerprint density at radius 1 is 1.47 bits per heavy atom. The van der Waals surface area contributed by atoms with Crippen LogP contribution in [0.2, 0.25) is 5.15 Å². The van der Waals surface area contributed by atoms with Crippen molar-refractivity contribution in [2.24, 2.45) is 7.05 Å². The van der Waals surface area contributed by atoms with Crippen LogP contribution >= 0.6 is 11.6 Å². The maximum absolute atomic E-state index is 6.12. The van der Waals surface area contributed by atoms with Crippen LogP contribution in [-0.2, 0) is 18.4 Å². The van der Waals surface area contributed by atoms with Crippen LogP contribution in [0.5, 0.6) is 0 Å². The SMILES string of the molecule is Cc1nn(C)c(Cl)c1COC1CCCC1. The van der Waals surface area contributed by atoms with Gasteiger partial charge in [-0.1, -0.05) is 24.4 Å². The fourth-order valence-corrected chi connectivity index (χ4v) is 2.32. The van der Waals surface area contributed by atoms with Crippen molar-refractivity contribution in [3.05, 3.63) is 16.4 Å². The van der Waals surface area contributed by atoms with Crippen LogP contribution in [-0.4, -0.2) is 15.9 Å². The second-order valence-electron chi connectivity index (χ2n) is 4.20. The highest BCUT2D eigenvalue weighted by molar-refractivity contribution is 6.30. The monoisotopic (exact) mass is 228 g/mol. The van der Waals surface area contributed by atoms with Gasteiger partial charge >= 0.3 is 0 Å². The van der Waals surface area contributed by atoms with E-state index in [1.165, 1.54) is 25.7 Å². The Morgan fingerprint density at radius 2 is 2.13 bits per heavy atom. The maximum atomic E-state index is 6.12. The molecule has 0 aliphatic heterocycles. The average molecular weight is 229 g/mol. The molecule has 1 saturated carbocycles. The van der Waals surface area contributed by atoms with Gasteiger partial charge in [0.15, 0.2) is 0 Å². The number of ether oxygens (including phenoxy) is 1. The van der Waals surface area contributed by atoms with Crippen LogP contribution in [0.3, 0.4) is 0 Å². The van der Waals surface area contributed by atoms with Gasteiger partial charge in [-0.15, -0.1) is 0 Å². The minimum atomic E-state index is 0.431. The number of hydrogen-bond donors (Lipinski definition) is 0. The number of rotatable bonds is 3. The lowest BCUT2D eigenvalue weighted by Crippen LogP contribution is -2.07. The van der Waals surface area contributed by atoms with Crippen molar-refractivity contribution in [3.63, 3.8) is 0 Å². The van der Waals surface area contributed by atoms with E-state index in [2.05, 4.69) is 5.10 Å². The van der Waals surface area contributed by atoms with Gasteiger partial charge in [-0.2, -0.15) is 5.10 Å². The van der Waals surface area contributed by atoms with E-state index in [1.807, 2.05) is 14.0 Å². The molecule has 1 aromatic rings. The molecule has 3 nitrogen and oxygen atoms in total. The van der Waals surface area contributed by atoms with E-state index in [4.69, 9.17) is 16.3 Å². The lowest BCUT2D eigenvalue weighted by molar-refractivity contribution is 0.0454. The summed E-state index contributed by atoms with van der Waals surface area (Å²) >= 11 is 6.12. The zero-order chi connectivity index (χ0) is 10.8. The second kappa shape index (κ2) is 4.54. The quantitative estimate of drug-likeness (QED) is 0.796. The Bertz CT molecular complexity index is 343. The summed E-state index contributed by atoms with van der Waals surface area (Å²) < 4.78 is 7.52. The summed E-state index contributed by atoms with van der Waals surface area (Å²) in [5.41, 5.74) is 2.01. The largest absolute Gasteiger partial charge is 0.373 e. The van der Waals surface area contributed by atoms with Crippen molar-refractivity contribution in [1.82, 2.24) is 9.78 Å². The molecule has 84 valence electrons. The highest BCUT2D eigenvalue weighted by Gasteiger charge is 2.18. The smallest absolute Gasteiger partial charge is 0.132 e. The summed E-state index contributed by atoms with van der Waals surface area (Å²) in [5, 5.41) is 4.96. The lowest BCUT2D eigenvalue weighted by atomic mass is 10.2. The van der Waals surface area contributed by atoms with E-state index in [9.17, 15) is 0 Å². The topological polar surface area (TPSA) is 27.1 Å². The minimum Gasteiger partial charge on any atom is -0.373 e. The molecule has 0 atom stereocenters. The molecule has 0 bridgehead atoms. The van der Waals surface area contributed by atoms with Gasteiger partial charge in [0, 0.05) is 12.6 Å². The molecule has 0 aromatic carbocycles. The molecule has 1 fully saturated rings. The van der Waals surface area contributed by atoms with Crippen LogP contribution in [0.1, 0.15) is 36.9 Å². The van der Waals surface area contributed by atoms with Gasteiger partial charge < -0.3 is 4.74 Å². The molecule has 0 unspecified atom stereocenters.